The quantitative estimate of drug-likeness (QED) is 0.398. The molecule has 7 nitrogen and oxygen atoms in total. The number of hydrogen-bond acceptors (Lipinski definition) is 6. The number of β-lactam (4-membered cyclic amide) rings is 1. The summed E-state index contributed by atoms with van der Waals surface area (Å²) in [5.41, 5.74) is 2.72. The average molecular weight is 426 g/mol. The molecule has 2 unspecified atom stereocenters. The summed E-state index contributed by atoms with van der Waals surface area (Å²) in [4.78, 5) is 18.6. The van der Waals surface area contributed by atoms with Crippen LogP contribution in [-0.4, -0.2) is 36.1 Å². The highest BCUT2D eigenvalue weighted by molar-refractivity contribution is 7.15. The first-order chi connectivity index (χ1) is 14.0. The average Bonchev–Trinajstić information content (AvgIpc) is 3.29. The number of aromatic hydroxyl groups is 1. The molecule has 146 valence electrons. The highest BCUT2D eigenvalue weighted by Crippen LogP contribution is 2.43. The third-order valence-corrected chi connectivity index (χ3v) is 6.37. The number of fused-ring (bicyclic) bond motifs is 1. The monoisotopic (exact) mass is 425 g/mol. The maximum atomic E-state index is 12.4. The first kappa shape index (κ1) is 18.1. The normalized spacial score (nSPS) is 19.0. The molecule has 1 amide bonds. The summed E-state index contributed by atoms with van der Waals surface area (Å²) >= 11 is 7.63. The third kappa shape index (κ3) is 2.95. The predicted molar refractivity (Wildman–Crippen MR) is 111 cm³/mol. The van der Waals surface area contributed by atoms with Crippen LogP contribution in [0.2, 0.25) is 0 Å². The van der Waals surface area contributed by atoms with Crippen LogP contribution in [-0.2, 0) is 11.3 Å². The molecule has 1 saturated heterocycles. The van der Waals surface area contributed by atoms with Crippen molar-refractivity contribution in [2.24, 2.45) is 0 Å². The van der Waals surface area contributed by atoms with Crippen LogP contribution in [0.15, 0.2) is 48.5 Å². The Hall–Kier alpha value is -2.97. The van der Waals surface area contributed by atoms with Crippen molar-refractivity contribution >= 4 is 45.0 Å². The lowest BCUT2D eigenvalue weighted by Gasteiger charge is -2.42. The van der Waals surface area contributed by atoms with E-state index in [1.54, 1.807) is 23.1 Å². The molecule has 1 aliphatic rings. The van der Waals surface area contributed by atoms with E-state index < -0.39 is 5.38 Å². The Morgan fingerprint density at radius 2 is 2.00 bits per heavy atom. The fourth-order valence-electron chi connectivity index (χ4n) is 3.63. The highest BCUT2D eigenvalue weighted by Gasteiger charge is 2.49. The summed E-state index contributed by atoms with van der Waals surface area (Å²) in [5, 5.41) is 18.9. The zero-order valence-electron chi connectivity index (χ0n) is 15.4. The van der Waals surface area contributed by atoms with Crippen LogP contribution < -0.4 is 4.90 Å². The Morgan fingerprint density at radius 1 is 1.17 bits per heavy atom. The molecule has 5 rings (SSSR count). The van der Waals surface area contributed by atoms with E-state index in [2.05, 4.69) is 19.7 Å². The largest absolute Gasteiger partial charge is 0.508 e. The van der Waals surface area contributed by atoms with Gasteiger partial charge in [0.1, 0.15) is 22.0 Å². The van der Waals surface area contributed by atoms with E-state index in [1.807, 2.05) is 37.3 Å². The van der Waals surface area contributed by atoms with E-state index in [0.29, 0.717) is 11.7 Å². The fraction of sp³-hybridized carbons (Fsp3) is 0.200. The Kier molecular flexibility index (Phi) is 4.25. The Labute approximate surface area is 175 Å². The topological polar surface area (TPSA) is 84.1 Å². The van der Waals surface area contributed by atoms with Gasteiger partial charge < -0.3 is 9.67 Å². The lowest BCUT2D eigenvalue weighted by atomic mass is 9.94. The van der Waals surface area contributed by atoms with Crippen LogP contribution in [0.5, 0.6) is 5.75 Å². The van der Waals surface area contributed by atoms with Gasteiger partial charge in [-0.15, -0.1) is 21.8 Å². The van der Waals surface area contributed by atoms with E-state index >= 15 is 0 Å². The zero-order valence-corrected chi connectivity index (χ0v) is 16.9. The van der Waals surface area contributed by atoms with Gasteiger partial charge in [-0.2, -0.15) is 0 Å². The van der Waals surface area contributed by atoms with Crippen molar-refractivity contribution in [3.05, 3.63) is 64.9 Å². The number of halogens is 1. The molecule has 0 radical (unpaired) electrons. The van der Waals surface area contributed by atoms with Crippen LogP contribution in [0.3, 0.4) is 0 Å². The van der Waals surface area contributed by atoms with E-state index in [1.165, 1.54) is 11.3 Å². The first-order valence-electron chi connectivity index (χ1n) is 9.03. The number of nitrogens with zero attached hydrogens (tertiary/aromatic N) is 5. The number of carbonyl (C=O) groups is 1. The molecule has 4 aromatic rings. The van der Waals surface area contributed by atoms with Gasteiger partial charge in [-0.3, -0.25) is 9.69 Å². The van der Waals surface area contributed by atoms with E-state index in [4.69, 9.17) is 11.6 Å². The van der Waals surface area contributed by atoms with Gasteiger partial charge in [-0.25, -0.2) is 4.98 Å². The van der Waals surface area contributed by atoms with Gasteiger partial charge in [0, 0.05) is 0 Å². The number of rotatable bonds is 4. The number of aromatic nitrogens is 4. The molecule has 0 spiro atoms. The van der Waals surface area contributed by atoms with Gasteiger partial charge in [-0.1, -0.05) is 35.6 Å². The molecule has 1 fully saturated rings. The van der Waals surface area contributed by atoms with Crippen LogP contribution >= 0.6 is 22.9 Å². The Balaban J connectivity index is 1.45. The number of hydrogen-bond donors (Lipinski definition) is 1. The SMILES string of the molecule is Cc1nc2ccccc2n1Cc1nnc(N2C(=O)C(Cl)C2c2cccc(O)c2)s1. The summed E-state index contributed by atoms with van der Waals surface area (Å²) in [6.45, 7) is 2.48. The van der Waals surface area contributed by atoms with Gasteiger partial charge in [-0.05, 0) is 36.8 Å². The second kappa shape index (κ2) is 6.82. The van der Waals surface area contributed by atoms with Gasteiger partial charge in [0.15, 0.2) is 0 Å². The van der Waals surface area contributed by atoms with Crippen molar-refractivity contribution in [2.75, 3.05) is 4.90 Å². The summed E-state index contributed by atoms with van der Waals surface area (Å²) in [6, 6.07) is 14.3. The van der Waals surface area contributed by atoms with Crippen molar-refractivity contribution in [3.63, 3.8) is 0 Å². The lowest BCUT2D eigenvalue weighted by Crippen LogP contribution is -2.56. The van der Waals surface area contributed by atoms with Crippen LogP contribution in [0.25, 0.3) is 11.0 Å². The van der Waals surface area contributed by atoms with Crippen molar-refractivity contribution in [2.45, 2.75) is 24.9 Å². The number of benzene rings is 2. The molecule has 0 saturated carbocycles. The molecule has 2 atom stereocenters. The summed E-state index contributed by atoms with van der Waals surface area (Å²) in [6.07, 6.45) is 0. The maximum absolute atomic E-state index is 12.4. The number of phenolic OH excluding ortho intramolecular Hbond substituents is 1. The molecular formula is C20H16ClN5O2S. The molecule has 1 aliphatic heterocycles. The Bertz CT molecular complexity index is 1240. The predicted octanol–water partition coefficient (Wildman–Crippen LogP) is 3.65. The fourth-order valence-corrected chi connectivity index (χ4v) is 4.86. The van der Waals surface area contributed by atoms with Crippen LogP contribution in [0, 0.1) is 6.92 Å². The number of phenols is 1. The number of carbonyl (C=O) groups excluding carboxylic acids is 1. The van der Waals surface area contributed by atoms with Crippen LogP contribution in [0.1, 0.15) is 22.4 Å². The number of anilines is 1. The maximum Gasteiger partial charge on any atom is 0.250 e. The minimum Gasteiger partial charge on any atom is -0.508 e. The molecule has 29 heavy (non-hydrogen) atoms. The molecule has 0 bridgehead atoms. The highest BCUT2D eigenvalue weighted by atomic mass is 35.5. The van der Waals surface area contributed by atoms with Crippen molar-refractivity contribution in [1.82, 2.24) is 19.7 Å². The van der Waals surface area contributed by atoms with Crippen molar-refractivity contribution in [3.8, 4) is 5.75 Å². The molecule has 9 heteroatoms. The molecular weight excluding hydrogens is 410 g/mol. The number of amides is 1. The van der Waals surface area contributed by atoms with Crippen molar-refractivity contribution < 1.29 is 9.90 Å². The summed E-state index contributed by atoms with van der Waals surface area (Å²) in [5.74, 6) is 0.805. The minimum absolute atomic E-state index is 0.131. The lowest BCUT2D eigenvalue weighted by molar-refractivity contribution is -0.123. The standard InChI is InChI=1S/C20H16ClN5O2S/c1-11-22-14-7-2-3-8-15(14)25(11)10-16-23-24-20(29-16)26-18(17(21)19(26)28)12-5-4-6-13(27)9-12/h2-9,17-18,27H,10H2,1H3. The molecule has 2 aromatic carbocycles. The summed E-state index contributed by atoms with van der Waals surface area (Å²) in [7, 11) is 0. The van der Waals surface area contributed by atoms with Gasteiger partial charge >= 0.3 is 0 Å². The number of alkyl halides is 1. The number of imidazole rings is 1. The minimum atomic E-state index is -0.691. The second-order valence-electron chi connectivity index (χ2n) is 6.86. The zero-order chi connectivity index (χ0) is 20.1. The summed E-state index contributed by atoms with van der Waals surface area (Å²) < 4.78 is 2.08. The van der Waals surface area contributed by atoms with Gasteiger partial charge in [0.25, 0.3) is 0 Å². The van der Waals surface area contributed by atoms with Crippen LogP contribution in [0.4, 0.5) is 5.13 Å². The van der Waals surface area contributed by atoms with E-state index in [9.17, 15) is 9.90 Å². The molecule has 1 N–H and O–H groups in total. The molecule has 2 aromatic heterocycles. The Morgan fingerprint density at radius 3 is 2.83 bits per heavy atom. The number of para-hydroxylation sites is 2. The smallest absolute Gasteiger partial charge is 0.250 e. The molecule has 3 heterocycles. The molecule has 0 aliphatic carbocycles. The van der Waals surface area contributed by atoms with E-state index in [0.717, 1.165) is 27.4 Å². The van der Waals surface area contributed by atoms with Crippen molar-refractivity contribution in [1.29, 1.82) is 0 Å². The first-order valence-corrected chi connectivity index (χ1v) is 10.3. The van der Waals surface area contributed by atoms with Gasteiger partial charge in [0.2, 0.25) is 11.0 Å². The number of aryl methyl sites for hydroxylation is 1. The second-order valence-corrected chi connectivity index (χ2v) is 8.37. The van der Waals surface area contributed by atoms with Gasteiger partial charge in [0.05, 0.1) is 23.6 Å². The van der Waals surface area contributed by atoms with E-state index in [-0.39, 0.29) is 17.7 Å². The third-order valence-electron chi connectivity index (χ3n) is 5.04.